The molecule has 2 fully saturated rings. The predicted octanol–water partition coefficient (Wildman–Crippen LogP) is 6.54. The second-order valence-electron chi connectivity index (χ2n) is 9.23. The van der Waals surface area contributed by atoms with E-state index in [4.69, 9.17) is 0 Å². The summed E-state index contributed by atoms with van der Waals surface area (Å²) in [6, 6.07) is 7.34. The van der Waals surface area contributed by atoms with Gasteiger partial charge in [-0.2, -0.15) is 5.26 Å². The van der Waals surface area contributed by atoms with Crippen molar-refractivity contribution < 1.29 is 4.79 Å². The number of carbonyl (C=O) groups is 1. The number of nitrogens with zero attached hydrogens (tertiary/aromatic N) is 3. The SMILES string of the molecule is Cc1cc(/C=C(\C#N)C(=O)c2cc(C)n(C3CCCC3)c2C)c(C)n1C1CCCC1. The summed E-state index contributed by atoms with van der Waals surface area (Å²) >= 11 is 0. The van der Waals surface area contributed by atoms with E-state index in [1.165, 1.54) is 57.1 Å². The van der Waals surface area contributed by atoms with E-state index in [1.54, 1.807) is 6.08 Å². The Kier molecular flexibility index (Phi) is 5.73. The third-order valence-electron chi connectivity index (χ3n) is 7.30. The van der Waals surface area contributed by atoms with Crippen molar-refractivity contribution in [3.63, 3.8) is 0 Å². The summed E-state index contributed by atoms with van der Waals surface area (Å²) in [5, 5.41) is 9.82. The lowest BCUT2D eigenvalue weighted by atomic mass is 10.0. The van der Waals surface area contributed by atoms with E-state index in [0.717, 1.165) is 22.6 Å². The lowest BCUT2D eigenvalue weighted by Gasteiger charge is -2.17. The molecule has 2 heterocycles. The number of allylic oxidation sites excluding steroid dienone is 1. The van der Waals surface area contributed by atoms with Crippen molar-refractivity contribution in [2.24, 2.45) is 0 Å². The minimum Gasteiger partial charge on any atom is -0.346 e. The molecule has 4 heteroatoms. The molecule has 30 heavy (non-hydrogen) atoms. The number of rotatable bonds is 5. The van der Waals surface area contributed by atoms with Gasteiger partial charge in [0.25, 0.3) is 0 Å². The van der Waals surface area contributed by atoms with Gasteiger partial charge in [0.05, 0.1) is 0 Å². The smallest absolute Gasteiger partial charge is 0.205 e. The number of Topliss-reactive ketones (excluding diaryl/α,β-unsaturated/α-hetero) is 1. The lowest BCUT2D eigenvalue weighted by Crippen LogP contribution is -2.10. The molecule has 0 spiro atoms. The van der Waals surface area contributed by atoms with Gasteiger partial charge in [-0.1, -0.05) is 25.7 Å². The Morgan fingerprint density at radius 2 is 1.40 bits per heavy atom. The molecule has 0 atom stereocenters. The molecule has 2 aliphatic rings. The van der Waals surface area contributed by atoms with Crippen LogP contribution in [0.1, 0.15) is 102 Å². The summed E-state index contributed by atoms with van der Waals surface area (Å²) in [6.07, 6.45) is 11.7. The van der Waals surface area contributed by atoms with Crippen LogP contribution in [0.15, 0.2) is 17.7 Å². The average Bonchev–Trinajstić information content (AvgIpc) is 3.49. The van der Waals surface area contributed by atoms with Gasteiger partial charge in [0, 0.05) is 40.4 Å². The largest absolute Gasteiger partial charge is 0.346 e. The van der Waals surface area contributed by atoms with Gasteiger partial charge >= 0.3 is 0 Å². The molecular weight excluding hydrogens is 370 g/mol. The number of hydrogen-bond donors (Lipinski definition) is 0. The van der Waals surface area contributed by atoms with Gasteiger partial charge in [-0.05, 0) is 77.2 Å². The molecule has 2 saturated carbocycles. The normalized spacial score (nSPS) is 18.3. The Labute approximate surface area is 180 Å². The van der Waals surface area contributed by atoms with Crippen molar-refractivity contribution in [3.05, 3.63) is 51.6 Å². The molecule has 0 amide bonds. The van der Waals surface area contributed by atoms with Crippen LogP contribution in [-0.4, -0.2) is 14.9 Å². The molecule has 0 N–H and O–H groups in total. The summed E-state index contributed by atoms with van der Waals surface area (Å²) in [5.74, 6) is -0.152. The molecule has 2 aromatic heterocycles. The zero-order valence-corrected chi connectivity index (χ0v) is 18.8. The highest BCUT2D eigenvalue weighted by Crippen LogP contribution is 2.35. The Morgan fingerprint density at radius 1 is 0.900 bits per heavy atom. The summed E-state index contributed by atoms with van der Waals surface area (Å²) < 4.78 is 4.73. The van der Waals surface area contributed by atoms with Crippen molar-refractivity contribution in [1.82, 2.24) is 9.13 Å². The highest BCUT2D eigenvalue weighted by Gasteiger charge is 2.26. The van der Waals surface area contributed by atoms with Gasteiger partial charge in [-0.15, -0.1) is 0 Å². The number of aryl methyl sites for hydroxylation is 2. The van der Waals surface area contributed by atoms with E-state index >= 15 is 0 Å². The molecule has 4 nitrogen and oxygen atoms in total. The van der Waals surface area contributed by atoms with Crippen molar-refractivity contribution >= 4 is 11.9 Å². The van der Waals surface area contributed by atoms with E-state index < -0.39 is 0 Å². The summed E-state index contributed by atoms with van der Waals surface area (Å²) in [7, 11) is 0. The first-order valence-corrected chi connectivity index (χ1v) is 11.5. The van der Waals surface area contributed by atoms with Crippen molar-refractivity contribution in [1.29, 1.82) is 5.26 Å². The fourth-order valence-corrected chi connectivity index (χ4v) is 5.85. The summed E-state index contributed by atoms with van der Waals surface area (Å²) in [4.78, 5) is 13.3. The molecule has 4 rings (SSSR count). The molecule has 0 unspecified atom stereocenters. The molecular formula is C26H33N3O. The van der Waals surface area contributed by atoms with Gasteiger partial charge in [-0.25, -0.2) is 0 Å². The maximum atomic E-state index is 13.3. The van der Waals surface area contributed by atoms with Crippen LogP contribution in [0.5, 0.6) is 0 Å². The number of hydrogen-bond acceptors (Lipinski definition) is 2. The maximum Gasteiger partial charge on any atom is 0.205 e. The Bertz CT molecular complexity index is 1030. The summed E-state index contributed by atoms with van der Waals surface area (Å²) in [6.45, 7) is 8.35. The van der Waals surface area contributed by atoms with Crippen LogP contribution in [0, 0.1) is 39.0 Å². The Hall–Kier alpha value is -2.54. The van der Waals surface area contributed by atoms with Crippen LogP contribution in [0.2, 0.25) is 0 Å². The Balaban J connectivity index is 1.67. The van der Waals surface area contributed by atoms with E-state index in [0.29, 0.717) is 17.6 Å². The standard InChI is InChI=1S/C26H33N3O/c1-17-13-21(19(3)28(17)23-9-5-6-10-23)15-22(16-27)26(30)25-14-18(2)29(20(25)4)24-11-7-8-12-24/h13-15,23-24H,5-12H2,1-4H3/b22-15+. The van der Waals surface area contributed by atoms with E-state index in [2.05, 4.69) is 42.0 Å². The second-order valence-corrected chi connectivity index (χ2v) is 9.23. The molecule has 0 aromatic carbocycles. The van der Waals surface area contributed by atoms with Gasteiger partial charge in [-0.3, -0.25) is 4.79 Å². The highest BCUT2D eigenvalue weighted by molar-refractivity contribution is 6.14. The lowest BCUT2D eigenvalue weighted by molar-refractivity contribution is 0.103. The second kappa shape index (κ2) is 8.30. The number of carbonyl (C=O) groups excluding carboxylic acids is 1. The molecule has 2 aromatic rings. The fraction of sp³-hybridized carbons (Fsp3) is 0.538. The topological polar surface area (TPSA) is 50.7 Å². The summed E-state index contributed by atoms with van der Waals surface area (Å²) in [5.41, 5.74) is 6.41. The van der Waals surface area contributed by atoms with Crippen LogP contribution in [0.25, 0.3) is 6.08 Å². The van der Waals surface area contributed by atoms with Crippen LogP contribution < -0.4 is 0 Å². The molecule has 0 bridgehead atoms. The van der Waals surface area contributed by atoms with Gasteiger partial charge in [0.2, 0.25) is 5.78 Å². The minimum atomic E-state index is -0.152. The quantitative estimate of drug-likeness (QED) is 0.323. The van der Waals surface area contributed by atoms with Crippen LogP contribution in [-0.2, 0) is 0 Å². The zero-order valence-electron chi connectivity index (χ0n) is 18.8. The molecule has 158 valence electrons. The van der Waals surface area contributed by atoms with E-state index in [1.807, 2.05) is 13.0 Å². The highest BCUT2D eigenvalue weighted by atomic mass is 16.1. The van der Waals surface area contributed by atoms with Crippen molar-refractivity contribution in [2.45, 2.75) is 91.1 Å². The monoisotopic (exact) mass is 403 g/mol. The number of aromatic nitrogens is 2. The van der Waals surface area contributed by atoms with Gasteiger partial charge in [0.1, 0.15) is 11.6 Å². The zero-order chi connectivity index (χ0) is 21.4. The van der Waals surface area contributed by atoms with Crippen molar-refractivity contribution in [2.75, 3.05) is 0 Å². The van der Waals surface area contributed by atoms with Crippen LogP contribution in [0.3, 0.4) is 0 Å². The van der Waals surface area contributed by atoms with Crippen molar-refractivity contribution in [3.8, 4) is 6.07 Å². The third-order valence-corrected chi connectivity index (χ3v) is 7.30. The number of ketones is 1. The van der Waals surface area contributed by atoms with Crippen LogP contribution in [0.4, 0.5) is 0 Å². The molecule has 0 saturated heterocycles. The fourth-order valence-electron chi connectivity index (χ4n) is 5.85. The van der Waals surface area contributed by atoms with E-state index in [9.17, 15) is 10.1 Å². The first-order valence-electron chi connectivity index (χ1n) is 11.5. The van der Waals surface area contributed by atoms with E-state index in [-0.39, 0.29) is 11.4 Å². The molecule has 2 aliphatic carbocycles. The first kappa shape index (κ1) is 20.7. The predicted molar refractivity (Wildman–Crippen MR) is 121 cm³/mol. The minimum absolute atomic E-state index is 0.152. The third kappa shape index (κ3) is 3.55. The van der Waals surface area contributed by atoms with Gasteiger partial charge < -0.3 is 9.13 Å². The first-order chi connectivity index (χ1) is 14.4. The van der Waals surface area contributed by atoms with Crippen LogP contribution >= 0.6 is 0 Å². The maximum absolute atomic E-state index is 13.3. The molecule has 0 aliphatic heterocycles. The average molecular weight is 404 g/mol. The Morgan fingerprint density at radius 3 is 1.93 bits per heavy atom. The van der Waals surface area contributed by atoms with Gasteiger partial charge in [0.15, 0.2) is 0 Å². The molecule has 0 radical (unpaired) electrons. The number of nitriles is 1.